The molecule has 0 aromatic carbocycles. The van der Waals surface area contributed by atoms with E-state index < -0.39 is 0 Å². The number of Topliss-reactive ketones (excluding diaryl/α,β-unsaturated/α-hetero) is 1. The molecule has 0 aromatic heterocycles. The molecule has 0 bridgehead atoms. The van der Waals surface area contributed by atoms with Gasteiger partial charge in [-0.25, -0.2) is 0 Å². The topological polar surface area (TPSA) is 17.1 Å². The van der Waals surface area contributed by atoms with Crippen molar-refractivity contribution >= 4 is 5.78 Å². The van der Waals surface area contributed by atoms with Gasteiger partial charge in [0, 0.05) is 12.0 Å². The van der Waals surface area contributed by atoms with E-state index in [-0.39, 0.29) is 5.78 Å². The Morgan fingerprint density at radius 3 is 2.21 bits per heavy atom. The maximum atomic E-state index is 12.1. The van der Waals surface area contributed by atoms with Crippen molar-refractivity contribution in [1.29, 1.82) is 0 Å². The van der Waals surface area contributed by atoms with Gasteiger partial charge in [-0.3, -0.25) is 4.79 Å². The molecule has 2 rings (SSSR count). The summed E-state index contributed by atoms with van der Waals surface area (Å²) in [7, 11) is 0. The molecular weight excluding hydrogens is 232 g/mol. The molecule has 0 heterocycles. The van der Waals surface area contributed by atoms with E-state index in [1.165, 1.54) is 16.7 Å². The first-order valence-electron chi connectivity index (χ1n) is 7.17. The normalized spacial score (nSPS) is 11.2. The summed E-state index contributed by atoms with van der Waals surface area (Å²) in [6.45, 7) is 8.46. The van der Waals surface area contributed by atoms with Crippen molar-refractivity contribution in [2.45, 2.75) is 46.5 Å². The molecule has 0 saturated carbocycles. The minimum atomic E-state index is 0.238. The van der Waals surface area contributed by atoms with Crippen molar-refractivity contribution in [3.05, 3.63) is 47.0 Å². The average molecular weight is 254 g/mol. The molecule has 19 heavy (non-hydrogen) atoms. The molecule has 0 atom stereocenters. The van der Waals surface area contributed by atoms with E-state index >= 15 is 0 Å². The molecule has 1 heteroatoms. The Labute approximate surface area is 116 Å². The van der Waals surface area contributed by atoms with Gasteiger partial charge in [0.15, 0.2) is 5.78 Å². The van der Waals surface area contributed by atoms with Crippen LogP contribution in [0.25, 0.3) is 11.1 Å². The van der Waals surface area contributed by atoms with E-state index in [4.69, 9.17) is 0 Å². The summed E-state index contributed by atoms with van der Waals surface area (Å²) in [5, 5.41) is 0. The zero-order chi connectivity index (χ0) is 14.0. The third kappa shape index (κ3) is 2.56. The highest BCUT2D eigenvalue weighted by molar-refractivity contribution is 6.04. The first-order valence-corrected chi connectivity index (χ1v) is 7.17. The number of fused-ring (bicyclic) bond motifs is 1. The van der Waals surface area contributed by atoms with Gasteiger partial charge in [-0.1, -0.05) is 52.0 Å². The van der Waals surface area contributed by atoms with Crippen LogP contribution in [-0.4, -0.2) is 5.78 Å². The predicted molar refractivity (Wildman–Crippen MR) is 81.2 cm³/mol. The second-order valence-corrected chi connectivity index (χ2v) is 5.36. The van der Waals surface area contributed by atoms with Crippen molar-refractivity contribution in [2.75, 3.05) is 0 Å². The second-order valence-electron chi connectivity index (χ2n) is 5.36. The lowest BCUT2D eigenvalue weighted by Gasteiger charge is -1.99. The van der Waals surface area contributed by atoms with Crippen molar-refractivity contribution < 1.29 is 4.79 Å². The van der Waals surface area contributed by atoms with E-state index in [9.17, 15) is 4.79 Å². The van der Waals surface area contributed by atoms with Crippen LogP contribution in [0.4, 0.5) is 0 Å². The Bertz CT molecular complexity index is 566. The van der Waals surface area contributed by atoms with Gasteiger partial charge in [0.05, 0.1) is 0 Å². The van der Waals surface area contributed by atoms with Gasteiger partial charge < -0.3 is 0 Å². The van der Waals surface area contributed by atoms with Gasteiger partial charge in [0.2, 0.25) is 0 Å². The Morgan fingerprint density at radius 2 is 1.68 bits per heavy atom. The van der Waals surface area contributed by atoms with Crippen LogP contribution in [0.3, 0.4) is 0 Å². The van der Waals surface area contributed by atoms with Gasteiger partial charge in [-0.15, -0.1) is 0 Å². The average Bonchev–Trinajstić information content (AvgIpc) is 2.60. The zero-order valence-corrected chi connectivity index (χ0v) is 12.3. The monoisotopic (exact) mass is 254 g/mol. The standard InChI is InChI=1S/C18H22O/c1-5-13-11-17(18(19)6-2)16-10-8-14(12(3)4)7-9-15(13)16/h7-12H,5-6H2,1-4H3. The molecule has 0 spiro atoms. The van der Waals surface area contributed by atoms with Crippen LogP contribution in [0, 0.1) is 0 Å². The van der Waals surface area contributed by atoms with Gasteiger partial charge >= 0.3 is 0 Å². The smallest absolute Gasteiger partial charge is 0.163 e. The fraction of sp³-hybridized carbons (Fsp3) is 0.389. The third-order valence-electron chi connectivity index (χ3n) is 3.80. The molecule has 1 nitrogen and oxygen atoms in total. The summed E-state index contributed by atoms with van der Waals surface area (Å²) < 4.78 is 0. The Kier molecular flexibility index (Phi) is 4.04. The van der Waals surface area contributed by atoms with Gasteiger partial charge in [-0.2, -0.15) is 0 Å². The Balaban J connectivity index is 2.65. The zero-order valence-electron chi connectivity index (χ0n) is 12.3. The molecule has 0 fully saturated rings. The largest absolute Gasteiger partial charge is 0.294 e. The van der Waals surface area contributed by atoms with Crippen molar-refractivity contribution in [3.8, 4) is 11.1 Å². The Morgan fingerprint density at radius 1 is 1.05 bits per heavy atom. The number of carbonyl (C=O) groups excluding carboxylic acids is 1. The molecule has 0 amide bonds. The maximum Gasteiger partial charge on any atom is 0.163 e. The summed E-state index contributed by atoms with van der Waals surface area (Å²) in [4.78, 5) is 12.1. The lowest BCUT2D eigenvalue weighted by Crippen LogP contribution is -1.94. The number of ketones is 1. The van der Waals surface area contributed by atoms with Crippen LogP contribution < -0.4 is 0 Å². The van der Waals surface area contributed by atoms with Crippen LogP contribution in [0.1, 0.15) is 61.5 Å². The first kappa shape index (κ1) is 13.8. The van der Waals surface area contributed by atoms with Crippen LogP contribution >= 0.6 is 0 Å². The van der Waals surface area contributed by atoms with Gasteiger partial charge in [0.1, 0.15) is 0 Å². The SMILES string of the molecule is CCC(=O)c1cc(CC)c2ccc(C(C)C)ccc1-2. The molecule has 0 saturated heterocycles. The lowest BCUT2D eigenvalue weighted by atomic mass is 10.0. The lowest BCUT2D eigenvalue weighted by molar-refractivity contribution is 0.0989. The molecule has 0 radical (unpaired) electrons. The summed E-state index contributed by atoms with van der Waals surface area (Å²) in [5.74, 6) is 0.744. The highest BCUT2D eigenvalue weighted by Crippen LogP contribution is 2.34. The van der Waals surface area contributed by atoms with E-state index in [1.807, 2.05) is 6.92 Å². The Hall–Kier alpha value is -1.63. The van der Waals surface area contributed by atoms with Crippen LogP contribution in [0.2, 0.25) is 0 Å². The quantitative estimate of drug-likeness (QED) is 0.696. The van der Waals surface area contributed by atoms with Crippen LogP contribution in [0.5, 0.6) is 0 Å². The minimum absolute atomic E-state index is 0.238. The number of carbonyl (C=O) groups is 1. The van der Waals surface area contributed by atoms with E-state index in [0.717, 1.165) is 17.5 Å². The third-order valence-corrected chi connectivity index (χ3v) is 3.80. The highest BCUT2D eigenvalue weighted by atomic mass is 16.1. The van der Waals surface area contributed by atoms with Crippen molar-refractivity contribution in [3.63, 3.8) is 0 Å². The molecular formula is C18H22O. The molecule has 0 aliphatic heterocycles. The highest BCUT2D eigenvalue weighted by Gasteiger charge is 2.18. The molecule has 2 aliphatic rings. The minimum Gasteiger partial charge on any atom is -0.294 e. The van der Waals surface area contributed by atoms with Gasteiger partial charge in [-0.05, 0) is 40.7 Å². The number of rotatable bonds is 4. The van der Waals surface area contributed by atoms with Gasteiger partial charge in [0.25, 0.3) is 0 Å². The van der Waals surface area contributed by atoms with E-state index in [1.54, 1.807) is 0 Å². The fourth-order valence-electron chi connectivity index (χ4n) is 2.54. The summed E-state index contributed by atoms with van der Waals surface area (Å²) in [5.41, 5.74) is 5.81. The second kappa shape index (κ2) is 5.56. The molecule has 0 N–H and O–H groups in total. The molecule has 0 aromatic rings. The molecule has 0 unspecified atom stereocenters. The summed E-state index contributed by atoms with van der Waals surface area (Å²) in [6.07, 6.45) is 1.53. The number of aryl methyl sites for hydroxylation is 1. The number of hydrogen-bond acceptors (Lipinski definition) is 1. The number of hydrogen-bond donors (Lipinski definition) is 0. The van der Waals surface area contributed by atoms with Crippen LogP contribution in [0.15, 0.2) is 30.3 Å². The van der Waals surface area contributed by atoms with Crippen LogP contribution in [-0.2, 0) is 6.42 Å². The molecule has 100 valence electrons. The maximum absolute atomic E-state index is 12.1. The van der Waals surface area contributed by atoms with Crippen molar-refractivity contribution in [2.24, 2.45) is 0 Å². The van der Waals surface area contributed by atoms with E-state index in [0.29, 0.717) is 12.3 Å². The molecule has 2 aliphatic carbocycles. The fourth-order valence-corrected chi connectivity index (χ4v) is 2.54. The predicted octanol–water partition coefficient (Wildman–Crippen LogP) is 5.07. The van der Waals surface area contributed by atoms with E-state index in [2.05, 4.69) is 51.1 Å². The van der Waals surface area contributed by atoms with Crippen molar-refractivity contribution in [1.82, 2.24) is 0 Å². The summed E-state index contributed by atoms with van der Waals surface area (Å²) >= 11 is 0. The summed E-state index contributed by atoms with van der Waals surface area (Å²) in [6, 6.07) is 10.7. The first-order chi connectivity index (χ1) is 9.08.